The Balaban J connectivity index is 1.51. The van der Waals surface area contributed by atoms with Crippen molar-refractivity contribution in [2.75, 3.05) is 0 Å². The van der Waals surface area contributed by atoms with Gasteiger partial charge in [0.25, 0.3) is 5.91 Å². The molecule has 0 saturated heterocycles. The van der Waals surface area contributed by atoms with Gasteiger partial charge < -0.3 is 4.42 Å². The van der Waals surface area contributed by atoms with Crippen LogP contribution in [0.1, 0.15) is 22.8 Å². The summed E-state index contributed by atoms with van der Waals surface area (Å²) in [4.78, 5) is 31.7. The van der Waals surface area contributed by atoms with E-state index in [-0.39, 0.29) is 24.4 Å². The summed E-state index contributed by atoms with van der Waals surface area (Å²) in [7, 11) is 0. The Hall–Kier alpha value is -2.90. The molecule has 2 heterocycles. The maximum absolute atomic E-state index is 11.9. The van der Waals surface area contributed by atoms with Gasteiger partial charge in [-0.2, -0.15) is 0 Å². The summed E-state index contributed by atoms with van der Waals surface area (Å²) in [5, 5.41) is 0.966. The Morgan fingerprint density at radius 2 is 1.93 bits per heavy atom. The fraction of sp³-hybridized carbons (Fsp3) is 0.111. The fourth-order valence-corrected chi connectivity index (χ4v) is 2.71. The van der Waals surface area contributed by atoms with Gasteiger partial charge in [0.05, 0.1) is 11.2 Å². The number of oxazole rings is 1. The third-order valence-corrected chi connectivity index (χ3v) is 4.08. The molecule has 0 unspecified atom stereocenters. The van der Waals surface area contributed by atoms with Crippen LogP contribution in [-0.4, -0.2) is 21.8 Å². The summed E-state index contributed by atoms with van der Waals surface area (Å²) in [5.41, 5.74) is 5.48. The van der Waals surface area contributed by atoms with Crippen molar-refractivity contribution in [3.63, 3.8) is 0 Å². The minimum atomic E-state index is -0.500. The molecule has 3 aromatic rings. The van der Waals surface area contributed by atoms with E-state index in [1.807, 2.05) is 0 Å². The summed E-state index contributed by atoms with van der Waals surface area (Å²) in [6, 6.07) is 9.95. The van der Waals surface area contributed by atoms with Crippen molar-refractivity contribution in [1.29, 1.82) is 0 Å². The zero-order valence-corrected chi connectivity index (χ0v) is 15.4. The lowest BCUT2D eigenvalue weighted by atomic mass is 10.2. The number of halogens is 2. The zero-order valence-electron chi connectivity index (χ0n) is 13.9. The molecule has 0 aliphatic rings. The van der Waals surface area contributed by atoms with Crippen molar-refractivity contribution in [3.8, 4) is 11.3 Å². The SMILES string of the molecule is O=C(CCc1ncc(-c2ccc(Cl)cc2Cl)o1)NNC(=O)c1ccccn1. The zero-order chi connectivity index (χ0) is 19.2. The lowest BCUT2D eigenvalue weighted by Gasteiger charge is -2.06. The van der Waals surface area contributed by atoms with Crippen LogP contribution < -0.4 is 10.9 Å². The lowest BCUT2D eigenvalue weighted by molar-refractivity contribution is -0.121. The maximum atomic E-state index is 11.9. The van der Waals surface area contributed by atoms with Crippen LogP contribution in [0.3, 0.4) is 0 Å². The molecular weight excluding hydrogens is 391 g/mol. The van der Waals surface area contributed by atoms with E-state index in [0.29, 0.717) is 27.3 Å². The van der Waals surface area contributed by atoms with E-state index >= 15 is 0 Å². The largest absolute Gasteiger partial charge is 0.441 e. The molecule has 0 fully saturated rings. The van der Waals surface area contributed by atoms with Gasteiger partial charge in [0, 0.05) is 29.6 Å². The molecule has 3 rings (SSSR count). The van der Waals surface area contributed by atoms with E-state index in [2.05, 4.69) is 20.8 Å². The molecule has 7 nitrogen and oxygen atoms in total. The predicted molar refractivity (Wildman–Crippen MR) is 100 cm³/mol. The number of nitrogens with one attached hydrogen (secondary N) is 2. The quantitative estimate of drug-likeness (QED) is 0.634. The van der Waals surface area contributed by atoms with Gasteiger partial charge >= 0.3 is 0 Å². The number of aromatic nitrogens is 2. The van der Waals surface area contributed by atoms with Crippen molar-refractivity contribution in [3.05, 3.63) is 70.4 Å². The van der Waals surface area contributed by atoms with Gasteiger partial charge in [-0.25, -0.2) is 4.98 Å². The van der Waals surface area contributed by atoms with Gasteiger partial charge in [-0.1, -0.05) is 29.3 Å². The van der Waals surface area contributed by atoms with Crippen LogP contribution in [0, 0.1) is 0 Å². The van der Waals surface area contributed by atoms with Crippen LogP contribution in [0.15, 0.2) is 53.2 Å². The van der Waals surface area contributed by atoms with Crippen LogP contribution in [0.5, 0.6) is 0 Å². The molecule has 0 bridgehead atoms. The average Bonchev–Trinajstić information content (AvgIpc) is 3.14. The number of hydrogen-bond donors (Lipinski definition) is 2. The number of hydrogen-bond acceptors (Lipinski definition) is 5. The Labute approximate surface area is 164 Å². The first kappa shape index (κ1) is 18.9. The molecule has 0 atom stereocenters. The number of nitrogens with zero attached hydrogens (tertiary/aromatic N) is 2. The highest BCUT2D eigenvalue weighted by atomic mass is 35.5. The number of aryl methyl sites for hydroxylation is 1. The smallest absolute Gasteiger partial charge is 0.288 e. The second kappa shape index (κ2) is 8.66. The monoisotopic (exact) mass is 404 g/mol. The van der Waals surface area contributed by atoms with Crippen molar-refractivity contribution in [2.24, 2.45) is 0 Å². The fourth-order valence-electron chi connectivity index (χ4n) is 2.21. The molecule has 0 radical (unpaired) electrons. The lowest BCUT2D eigenvalue weighted by Crippen LogP contribution is -2.42. The average molecular weight is 405 g/mol. The molecule has 27 heavy (non-hydrogen) atoms. The number of carbonyl (C=O) groups is 2. The minimum Gasteiger partial charge on any atom is -0.441 e. The summed E-state index contributed by atoms with van der Waals surface area (Å²) in [6.45, 7) is 0. The predicted octanol–water partition coefficient (Wildman–Crippen LogP) is 3.44. The van der Waals surface area contributed by atoms with Crippen LogP contribution in [-0.2, 0) is 11.2 Å². The highest BCUT2D eigenvalue weighted by Gasteiger charge is 2.13. The number of carbonyl (C=O) groups excluding carboxylic acids is 2. The molecule has 1 aromatic carbocycles. The van der Waals surface area contributed by atoms with Crippen LogP contribution in [0.2, 0.25) is 10.0 Å². The third kappa shape index (κ3) is 5.06. The third-order valence-electron chi connectivity index (χ3n) is 3.53. The molecular formula is C18H14Cl2N4O3. The molecule has 2 amide bonds. The van der Waals surface area contributed by atoms with Gasteiger partial charge in [-0.3, -0.25) is 25.4 Å². The first-order valence-electron chi connectivity index (χ1n) is 7.93. The molecule has 0 saturated carbocycles. The number of pyridine rings is 1. The van der Waals surface area contributed by atoms with E-state index in [1.54, 1.807) is 30.3 Å². The Morgan fingerprint density at radius 1 is 1.07 bits per heavy atom. The number of rotatable bonds is 5. The summed E-state index contributed by atoms with van der Waals surface area (Å²) >= 11 is 12.0. The van der Waals surface area contributed by atoms with Gasteiger partial charge in [-0.05, 0) is 30.3 Å². The van der Waals surface area contributed by atoms with Crippen molar-refractivity contribution in [2.45, 2.75) is 12.8 Å². The minimum absolute atomic E-state index is 0.0802. The summed E-state index contributed by atoms with van der Waals surface area (Å²) < 4.78 is 5.62. The topological polar surface area (TPSA) is 97.1 Å². The number of amides is 2. The number of benzene rings is 1. The Morgan fingerprint density at radius 3 is 2.67 bits per heavy atom. The Bertz CT molecular complexity index is 960. The highest BCUT2D eigenvalue weighted by molar-refractivity contribution is 6.36. The second-order valence-corrected chi connectivity index (χ2v) is 6.30. The van der Waals surface area contributed by atoms with Crippen LogP contribution in [0.25, 0.3) is 11.3 Å². The first-order valence-corrected chi connectivity index (χ1v) is 8.69. The second-order valence-electron chi connectivity index (χ2n) is 5.46. The molecule has 0 aliphatic heterocycles. The van der Waals surface area contributed by atoms with Crippen LogP contribution in [0.4, 0.5) is 0 Å². The van der Waals surface area contributed by atoms with Gasteiger partial charge in [0.2, 0.25) is 5.91 Å². The maximum Gasteiger partial charge on any atom is 0.288 e. The van der Waals surface area contributed by atoms with Gasteiger partial charge in [0.15, 0.2) is 11.7 Å². The molecule has 2 N–H and O–H groups in total. The molecule has 0 aliphatic carbocycles. The van der Waals surface area contributed by atoms with E-state index < -0.39 is 5.91 Å². The van der Waals surface area contributed by atoms with Crippen molar-refractivity contribution >= 4 is 35.0 Å². The van der Waals surface area contributed by atoms with E-state index in [0.717, 1.165) is 0 Å². The first-order chi connectivity index (χ1) is 13.0. The molecule has 9 heteroatoms. The Kier molecular flexibility index (Phi) is 6.05. The van der Waals surface area contributed by atoms with Crippen LogP contribution >= 0.6 is 23.2 Å². The summed E-state index contributed by atoms with van der Waals surface area (Å²) in [5.74, 6) is -0.0268. The molecule has 0 spiro atoms. The molecule has 2 aromatic heterocycles. The van der Waals surface area contributed by atoms with Crippen molar-refractivity contribution in [1.82, 2.24) is 20.8 Å². The summed E-state index contributed by atoms with van der Waals surface area (Å²) in [6.07, 6.45) is 3.36. The molecule has 138 valence electrons. The van der Waals surface area contributed by atoms with Crippen molar-refractivity contribution < 1.29 is 14.0 Å². The van der Waals surface area contributed by atoms with Gasteiger partial charge in [0.1, 0.15) is 5.69 Å². The van der Waals surface area contributed by atoms with E-state index in [1.165, 1.54) is 18.5 Å². The van der Waals surface area contributed by atoms with Gasteiger partial charge in [-0.15, -0.1) is 0 Å². The standard InChI is InChI=1S/C18H14Cl2N4O3/c19-11-4-5-12(13(20)9-11)15-10-22-17(27-15)7-6-16(25)23-24-18(26)14-3-1-2-8-21-14/h1-5,8-10H,6-7H2,(H,23,25)(H,24,26). The number of hydrazine groups is 1. The normalized spacial score (nSPS) is 10.4. The van der Waals surface area contributed by atoms with E-state index in [4.69, 9.17) is 27.6 Å². The highest BCUT2D eigenvalue weighted by Crippen LogP contribution is 2.30. The van der Waals surface area contributed by atoms with E-state index in [9.17, 15) is 9.59 Å².